The van der Waals surface area contributed by atoms with Crippen molar-refractivity contribution >= 4 is 23.2 Å². The van der Waals surface area contributed by atoms with Crippen molar-refractivity contribution in [3.63, 3.8) is 0 Å². The Balaban J connectivity index is 1.89. The zero-order valence-electron chi connectivity index (χ0n) is 14.7. The minimum atomic E-state index is -0.168. The molecule has 0 atom stereocenters. The molecule has 6 heteroatoms. The lowest BCUT2D eigenvalue weighted by molar-refractivity contribution is 0.0968. The minimum Gasteiger partial charge on any atom is -0.395 e. The number of piperazine rings is 1. The Bertz CT molecular complexity index is 573. The van der Waals surface area contributed by atoms with Crippen molar-refractivity contribution in [1.82, 2.24) is 15.1 Å². The van der Waals surface area contributed by atoms with Gasteiger partial charge in [0, 0.05) is 38.3 Å². The predicted molar refractivity (Wildman–Crippen MR) is 100 cm³/mol. The van der Waals surface area contributed by atoms with Gasteiger partial charge in [0.15, 0.2) is 5.11 Å². The summed E-state index contributed by atoms with van der Waals surface area (Å²) in [5.41, 5.74) is 1.88. The van der Waals surface area contributed by atoms with Gasteiger partial charge in [0.1, 0.15) is 0 Å². The zero-order valence-corrected chi connectivity index (χ0v) is 15.5. The van der Waals surface area contributed by atoms with Gasteiger partial charge in [0.25, 0.3) is 5.91 Å². The Morgan fingerprint density at radius 2 is 1.75 bits per heavy atom. The number of aliphatic hydroxyl groups excluding tert-OH is 1. The Labute approximate surface area is 149 Å². The predicted octanol–water partition coefficient (Wildman–Crippen LogP) is 1.61. The minimum absolute atomic E-state index is 0.0680. The summed E-state index contributed by atoms with van der Waals surface area (Å²) in [6.45, 7) is 10.5. The first-order valence-electron chi connectivity index (χ1n) is 8.35. The van der Waals surface area contributed by atoms with Crippen LogP contribution in [0, 0.1) is 0 Å². The van der Waals surface area contributed by atoms with Crippen LogP contribution >= 0.6 is 12.2 Å². The van der Waals surface area contributed by atoms with Gasteiger partial charge in [-0.05, 0) is 35.3 Å². The van der Waals surface area contributed by atoms with Crippen LogP contribution in [0.15, 0.2) is 24.3 Å². The van der Waals surface area contributed by atoms with Gasteiger partial charge in [-0.3, -0.25) is 15.0 Å². The number of hydrogen-bond donors (Lipinski definition) is 2. The van der Waals surface area contributed by atoms with E-state index in [1.165, 1.54) is 5.56 Å². The molecule has 2 rings (SSSR count). The van der Waals surface area contributed by atoms with Crippen LogP contribution in [0.25, 0.3) is 0 Å². The fraction of sp³-hybridized carbons (Fsp3) is 0.556. The lowest BCUT2D eigenvalue weighted by Gasteiger charge is -2.35. The largest absolute Gasteiger partial charge is 0.395 e. The standard InChI is InChI=1S/C18H27N3O2S/c1-18(2,3)15-6-4-14(5-7-15)16(23)19-17(24)21-10-8-20(9-11-21)12-13-22/h4-7,22H,8-13H2,1-3H3,(H,19,23,24). The third-order valence-electron chi connectivity index (χ3n) is 4.31. The number of hydrogen-bond acceptors (Lipinski definition) is 4. The molecule has 1 saturated heterocycles. The molecule has 1 fully saturated rings. The number of nitrogens with one attached hydrogen (secondary N) is 1. The first-order chi connectivity index (χ1) is 11.3. The fourth-order valence-electron chi connectivity index (χ4n) is 2.69. The molecule has 5 nitrogen and oxygen atoms in total. The number of benzene rings is 1. The summed E-state index contributed by atoms with van der Waals surface area (Å²) < 4.78 is 0. The van der Waals surface area contributed by atoms with Gasteiger partial charge < -0.3 is 10.0 Å². The van der Waals surface area contributed by atoms with E-state index in [2.05, 4.69) is 31.0 Å². The summed E-state index contributed by atoms with van der Waals surface area (Å²) in [6.07, 6.45) is 0. The topological polar surface area (TPSA) is 55.8 Å². The van der Waals surface area contributed by atoms with E-state index in [1.807, 2.05) is 29.2 Å². The molecule has 1 aliphatic heterocycles. The number of β-amino-alcohol motifs (C(OH)–C–C–N with tert-alkyl or cyclic N) is 1. The quantitative estimate of drug-likeness (QED) is 0.812. The number of carbonyl (C=O) groups is 1. The third kappa shape index (κ3) is 5.00. The Morgan fingerprint density at radius 1 is 1.17 bits per heavy atom. The van der Waals surface area contributed by atoms with Crippen molar-refractivity contribution in [2.24, 2.45) is 0 Å². The first-order valence-corrected chi connectivity index (χ1v) is 8.76. The SMILES string of the molecule is CC(C)(C)c1ccc(C(=O)NC(=S)N2CCN(CCO)CC2)cc1. The van der Waals surface area contributed by atoms with Crippen molar-refractivity contribution in [1.29, 1.82) is 0 Å². The van der Waals surface area contributed by atoms with E-state index >= 15 is 0 Å². The average molecular weight is 350 g/mol. The van der Waals surface area contributed by atoms with E-state index in [-0.39, 0.29) is 17.9 Å². The molecule has 1 amide bonds. The van der Waals surface area contributed by atoms with E-state index in [9.17, 15) is 4.79 Å². The molecule has 0 aromatic heterocycles. The average Bonchev–Trinajstić information content (AvgIpc) is 2.55. The van der Waals surface area contributed by atoms with Crippen molar-refractivity contribution in [3.8, 4) is 0 Å². The van der Waals surface area contributed by atoms with Crippen LogP contribution < -0.4 is 5.32 Å². The maximum absolute atomic E-state index is 12.4. The summed E-state index contributed by atoms with van der Waals surface area (Å²) in [5, 5.41) is 12.3. The van der Waals surface area contributed by atoms with Gasteiger partial charge in [-0.2, -0.15) is 0 Å². The first kappa shape index (κ1) is 18.8. The number of thiocarbonyl (C=S) groups is 1. The van der Waals surface area contributed by atoms with Crippen LogP contribution in [0.5, 0.6) is 0 Å². The molecule has 0 radical (unpaired) electrons. The summed E-state index contributed by atoms with van der Waals surface area (Å²) in [4.78, 5) is 16.5. The molecule has 2 N–H and O–H groups in total. The van der Waals surface area contributed by atoms with Crippen LogP contribution in [0.1, 0.15) is 36.7 Å². The van der Waals surface area contributed by atoms with E-state index < -0.39 is 0 Å². The highest BCUT2D eigenvalue weighted by atomic mass is 32.1. The monoisotopic (exact) mass is 349 g/mol. The lowest BCUT2D eigenvalue weighted by Crippen LogP contribution is -2.53. The number of rotatable bonds is 3. The number of aliphatic hydroxyl groups is 1. The maximum atomic E-state index is 12.4. The van der Waals surface area contributed by atoms with E-state index in [4.69, 9.17) is 17.3 Å². The Morgan fingerprint density at radius 3 is 2.25 bits per heavy atom. The molecule has 24 heavy (non-hydrogen) atoms. The molecule has 0 unspecified atom stereocenters. The normalized spacial score (nSPS) is 16.1. The van der Waals surface area contributed by atoms with Crippen LogP contribution in [0.3, 0.4) is 0 Å². The molecule has 0 saturated carbocycles. The van der Waals surface area contributed by atoms with Crippen molar-refractivity contribution in [2.75, 3.05) is 39.3 Å². The van der Waals surface area contributed by atoms with Gasteiger partial charge in [0.2, 0.25) is 0 Å². The second kappa shape index (κ2) is 8.05. The van der Waals surface area contributed by atoms with Crippen LogP contribution in [-0.4, -0.2) is 65.3 Å². The highest BCUT2D eigenvalue weighted by Crippen LogP contribution is 2.22. The van der Waals surface area contributed by atoms with Crippen molar-refractivity contribution in [2.45, 2.75) is 26.2 Å². The van der Waals surface area contributed by atoms with E-state index in [0.717, 1.165) is 26.2 Å². The molecular formula is C18H27N3O2S. The van der Waals surface area contributed by atoms with Gasteiger partial charge in [0.05, 0.1) is 6.61 Å². The highest BCUT2D eigenvalue weighted by Gasteiger charge is 2.20. The molecule has 1 heterocycles. The van der Waals surface area contributed by atoms with Crippen LogP contribution in [0.4, 0.5) is 0 Å². The molecule has 1 aromatic carbocycles. The van der Waals surface area contributed by atoms with Crippen LogP contribution in [-0.2, 0) is 5.41 Å². The van der Waals surface area contributed by atoms with Crippen LogP contribution in [0.2, 0.25) is 0 Å². The van der Waals surface area contributed by atoms with Gasteiger partial charge in [-0.1, -0.05) is 32.9 Å². The van der Waals surface area contributed by atoms with Gasteiger partial charge >= 0.3 is 0 Å². The van der Waals surface area contributed by atoms with Gasteiger partial charge in [-0.25, -0.2) is 0 Å². The Kier molecular flexibility index (Phi) is 6.32. The zero-order chi connectivity index (χ0) is 17.7. The molecule has 0 spiro atoms. The fourth-order valence-corrected chi connectivity index (χ4v) is 2.96. The maximum Gasteiger partial charge on any atom is 0.257 e. The second-order valence-electron chi connectivity index (χ2n) is 7.14. The number of nitrogens with zero attached hydrogens (tertiary/aromatic N) is 2. The van der Waals surface area contributed by atoms with E-state index in [1.54, 1.807) is 0 Å². The summed E-state index contributed by atoms with van der Waals surface area (Å²) in [5.74, 6) is -0.168. The highest BCUT2D eigenvalue weighted by molar-refractivity contribution is 7.80. The summed E-state index contributed by atoms with van der Waals surface area (Å²) >= 11 is 5.36. The second-order valence-corrected chi connectivity index (χ2v) is 7.53. The molecule has 1 aliphatic rings. The van der Waals surface area contributed by atoms with E-state index in [0.29, 0.717) is 17.2 Å². The van der Waals surface area contributed by atoms with Crippen molar-refractivity contribution in [3.05, 3.63) is 35.4 Å². The third-order valence-corrected chi connectivity index (χ3v) is 4.67. The Hall–Kier alpha value is -1.50. The summed E-state index contributed by atoms with van der Waals surface area (Å²) in [7, 11) is 0. The summed E-state index contributed by atoms with van der Waals surface area (Å²) in [6, 6.07) is 7.67. The van der Waals surface area contributed by atoms with Gasteiger partial charge in [-0.15, -0.1) is 0 Å². The molecule has 1 aromatic rings. The molecule has 0 bridgehead atoms. The molecule has 0 aliphatic carbocycles. The number of carbonyl (C=O) groups excluding carboxylic acids is 1. The molecule has 132 valence electrons. The number of amides is 1. The smallest absolute Gasteiger partial charge is 0.257 e. The lowest BCUT2D eigenvalue weighted by atomic mass is 9.87. The van der Waals surface area contributed by atoms with Crippen molar-refractivity contribution < 1.29 is 9.90 Å². The molecular weight excluding hydrogens is 322 g/mol.